The van der Waals surface area contributed by atoms with Crippen LogP contribution in [0.3, 0.4) is 0 Å². The molecule has 1 aromatic heterocycles. The van der Waals surface area contributed by atoms with Gasteiger partial charge in [-0.3, -0.25) is 0 Å². The van der Waals surface area contributed by atoms with Gasteiger partial charge in [-0.15, -0.1) is 0 Å². The summed E-state index contributed by atoms with van der Waals surface area (Å²) in [5.41, 5.74) is 4.84. The zero-order valence-corrected chi connectivity index (χ0v) is 8.21. The van der Waals surface area contributed by atoms with E-state index in [0.29, 0.717) is 0 Å². The molecule has 0 fully saturated rings. The van der Waals surface area contributed by atoms with Crippen LogP contribution >= 0.6 is 0 Å². The maximum absolute atomic E-state index is 10.5. The molecule has 0 radical (unpaired) electrons. The largest absolute Gasteiger partial charge is 0.472 e. The van der Waals surface area contributed by atoms with Gasteiger partial charge >= 0.3 is 6.09 Å². The summed E-state index contributed by atoms with van der Waals surface area (Å²) >= 11 is 0. The average molecular weight is 212 g/mol. The van der Waals surface area contributed by atoms with Crippen molar-refractivity contribution in [1.29, 1.82) is 0 Å². The van der Waals surface area contributed by atoms with E-state index in [-0.39, 0.29) is 24.3 Å². The highest BCUT2D eigenvalue weighted by molar-refractivity contribution is 5.68. The van der Waals surface area contributed by atoms with Gasteiger partial charge in [0.2, 0.25) is 5.88 Å². The number of aliphatic hydroxyl groups is 1. The van der Waals surface area contributed by atoms with Crippen LogP contribution in [0.5, 0.6) is 11.6 Å². The molecule has 0 aliphatic rings. The van der Waals surface area contributed by atoms with Crippen LogP contribution in [-0.4, -0.2) is 28.9 Å². The van der Waals surface area contributed by atoms with Crippen molar-refractivity contribution < 1.29 is 19.4 Å². The summed E-state index contributed by atoms with van der Waals surface area (Å²) in [7, 11) is 0. The number of ether oxygens (including phenoxy) is 2. The maximum atomic E-state index is 10.5. The summed E-state index contributed by atoms with van der Waals surface area (Å²) in [4.78, 5) is 14.3. The summed E-state index contributed by atoms with van der Waals surface area (Å²) in [6.07, 6.45) is 0.140. The zero-order chi connectivity index (χ0) is 11.3. The van der Waals surface area contributed by atoms with Crippen molar-refractivity contribution in [2.24, 2.45) is 5.73 Å². The number of primary amides is 1. The second-order valence-electron chi connectivity index (χ2n) is 2.86. The lowest BCUT2D eigenvalue weighted by atomic mass is 10.4. The van der Waals surface area contributed by atoms with Crippen LogP contribution in [-0.2, 0) is 0 Å². The van der Waals surface area contributed by atoms with Crippen LogP contribution in [0.1, 0.15) is 6.92 Å². The van der Waals surface area contributed by atoms with Crippen LogP contribution < -0.4 is 15.2 Å². The summed E-state index contributed by atoms with van der Waals surface area (Å²) in [6, 6.07) is 2.89. The first-order valence-electron chi connectivity index (χ1n) is 4.32. The third kappa shape index (κ3) is 3.82. The fraction of sp³-hybridized carbons (Fsp3) is 0.333. The number of carbonyl (C=O) groups excluding carboxylic acids is 1. The normalized spacial score (nSPS) is 11.9. The van der Waals surface area contributed by atoms with Gasteiger partial charge in [0.05, 0.1) is 6.61 Å². The van der Waals surface area contributed by atoms with E-state index >= 15 is 0 Å². The standard InChI is InChI=1S/C9H12N2O4/c1-6(5-12)14-8-4-7(2-3-11-8)15-9(10)13/h2-4,6,12H,5H2,1H3,(H2,10,13)/t6-/m1/s1. The fourth-order valence-corrected chi connectivity index (χ4v) is 0.879. The third-order valence-electron chi connectivity index (χ3n) is 1.50. The Hall–Kier alpha value is -1.82. The Kier molecular flexibility index (Phi) is 3.87. The number of rotatable bonds is 4. The Morgan fingerprint density at radius 3 is 3.07 bits per heavy atom. The number of nitrogens with two attached hydrogens (primary N) is 1. The van der Waals surface area contributed by atoms with Crippen molar-refractivity contribution in [3.8, 4) is 11.6 Å². The summed E-state index contributed by atoms with van der Waals surface area (Å²) < 4.78 is 9.82. The molecule has 0 aromatic carbocycles. The maximum Gasteiger partial charge on any atom is 0.409 e. The van der Waals surface area contributed by atoms with Gasteiger partial charge in [-0.1, -0.05) is 0 Å². The van der Waals surface area contributed by atoms with E-state index in [2.05, 4.69) is 9.72 Å². The number of amides is 1. The Labute approximate surface area is 86.6 Å². The van der Waals surface area contributed by atoms with Gasteiger partial charge in [-0.2, -0.15) is 0 Å². The number of pyridine rings is 1. The quantitative estimate of drug-likeness (QED) is 0.748. The van der Waals surface area contributed by atoms with Crippen LogP contribution in [0.15, 0.2) is 18.3 Å². The van der Waals surface area contributed by atoms with Gasteiger partial charge < -0.3 is 20.3 Å². The molecule has 0 aliphatic carbocycles. The van der Waals surface area contributed by atoms with E-state index in [9.17, 15) is 4.79 Å². The Balaban J connectivity index is 2.69. The Morgan fingerprint density at radius 2 is 2.47 bits per heavy atom. The minimum atomic E-state index is -0.901. The highest BCUT2D eigenvalue weighted by Gasteiger charge is 2.05. The van der Waals surface area contributed by atoms with Crippen molar-refractivity contribution in [3.05, 3.63) is 18.3 Å². The first-order valence-corrected chi connectivity index (χ1v) is 4.32. The van der Waals surface area contributed by atoms with E-state index in [1.807, 2.05) is 0 Å². The fourth-order valence-electron chi connectivity index (χ4n) is 0.879. The van der Waals surface area contributed by atoms with E-state index in [4.69, 9.17) is 15.6 Å². The van der Waals surface area contributed by atoms with Crippen molar-refractivity contribution >= 4 is 6.09 Å². The lowest BCUT2D eigenvalue weighted by molar-refractivity contribution is 0.125. The van der Waals surface area contributed by atoms with E-state index < -0.39 is 6.09 Å². The van der Waals surface area contributed by atoms with E-state index in [0.717, 1.165) is 0 Å². The molecular weight excluding hydrogens is 200 g/mol. The minimum Gasteiger partial charge on any atom is -0.472 e. The zero-order valence-electron chi connectivity index (χ0n) is 8.21. The van der Waals surface area contributed by atoms with E-state index in [1.165, 1.54) is 18.3 Å². The summed E-state index contributed by atoms with van der Waals surface area (Å²) in [5.74, 6) is 0.507. The van der Waals surface area contributed by atoms with Gasteiger partial charge in [-0.25, -0.2) is 9.78 Å². The number of carbonyl (C=O) groups is 1. The number of aromatic nitrogens is 1. The molecule has 0 spiro atoms. The van der Waals surface area contributed by atoms with Gasteiger partial charge in [-0.05, 0) is 13.0 Å². The molecule has 6 heteroatoms. The van der Waals surface area contributed by atoms with E-state index in [1.54, 1.807) is 6.92 Å². The molecule has 82 valence electrons. The topological polar surface area (TPSA) is 94.7 Å². The van der Waals surface area contributed by atoms with Crippen molar-refractivity contribution in [3.63, 3.8) is 0 Å². The number of aliphatic hydroxyl groups excluding tert-OH is 1. The van der Waals surface area contributed by atoms with Gasteiger partial charge in [0.25, 0.3) is 0 Å². The van der Waals surface area contributed by atoms with Crippen LogP contribution in [0, 0.1) is 0 Å². The predicted molar refractivity (Wildman–Crippen MR) is 51.6 cm³/mol. The first kappa shape index (κ1) is 11.3. The monoisotopic (exact) mass is 212 g/mol. The number of nitrogens with zero attached hydrogens (tertiary/aromatic N) is 1. The van der Waals surface area contributed by atoms with Crippen molar-refractivity contribution in [1.82, 2.24) is 4.98 Å². The van der Waals surface area contributed by atoms with Crippen molar-refractivity contribution in [2.75, 3.05) is 6.61 Å². The lowest BCUT2D eigenvalue weighted by Gasteiger charge is -2.11. The highest BCUT2D eigenvalue weighted by Crippen LogP contribution is 2.17. The predicted octanol–water partition coefficient (Wildman–Crippen LogP) is 0.299. The summed E-state index contributed by atoms with van der Waals surface area (Å²) in [5, 5.41) is 8.75. The van der Waals surface area contributed by atoms with Crippen molar-refractivity contribution in [2.45, 2.75) is 13.0 Å². The minimum absolute atomic E-state index is 0.122. The smallest absolute Gasteiger partial charge is 0.409 e. The Morgan fingerprint density at radius 1 is 1.73 bits per heavy atom. The molecule has 1 aromatic rings. The molecule has 0 aliphatic heterocycles. The SMILES string of the molecule is C[C@H](CO)Oc1cc(OC(N)=O)ccn1. The highest BCUT2D eigenvalue weighted by atomic mass is 16.5. The molecule has 1 rings (SSSR count). The third-order valence-corrected chi connectivity index (χ3v) is 1.50. The second kappa shape index (κ2) is 5.16. The molecule has 1 heterocycles. The molecule has 6 nitrogen and oxygen atoms in total. The number of hydrogen-bond donors (Lipinski definition) is 2. The average Bonchev–Trinajstić information content (AvgIpc) is 2.17. The molecule has 1 atom stereocenters. The van der Waals surface area contributed by atoms with Gasteiger partial charge in [0.15, 0.2) is 0 Å². The van der Waals surface area contributed by atoms with Gasteiger partial charge in [0.1, 0.15) is 11.9 Å². The molecule has 15 heavy (non-hydrogen) atoms. The second-order valence-corrected chi connectivity index (χ2v) is 2.86. The molecule has 0 saturated heterocycles. The van der Waals surface area contributed by atoms with Crippen LogP contribution in [0.4, 0.5) is 4.79 Å². The molecular formula is C9H12N2O4. The first-order chi connectivity index (χ1) is 7.11. The molecule has 0 saturated carbocycles. The van der Waals surface area contributed by atoms with Crippen LogP contribution in [0.25, 0.3) is 0 Å². The van der Waals surface area contributed by atoms with Crippen LogP contribution in [0.2, 0.25) is 0 Å². The molecule has 3 N–H and O–H groups in total. The van der Waals surface area contributed by atoms with Gasteiger partial charge in [0, 0.05) is 12.3 Å². The molecule has 0 unspecified atom stereocenters. The lowest BCUT2D eigenvalue weighted by Crippen LogP contribution is -2.18. The number of hydrogen-bond acceptors (Lipinski definition) is 5. The Bertz CT molecular complexity index is 343. The summed E-state index contributed by atoms with van der Waals surface area (Å²) in [6.45, 7) is 1.56. The molecule has 1 amide bonds. The molecule has 0 bridgehead atoms.